The standard InChI is InChI=1S/C18H23NO4/c1-13-7-2-3-8-14(13)18(17(21)22)10-6-11-19(18)16(20)15-9-4-5-12-23-15/h2-3,7-8,15H,4-6,9-12H2,1H3,(H,21,22)/t15-,18?/m0/s1. The number of benzene rings is 1. The van der Waals surface area contributed by atoms with E-state index in [9.17, 15) is 14.7 Å². The number of carbonyl (C=O) groups excluding carboxylic acids is 1. The summed E-state index contributed by atoms with van der Waals surface area (Å²) in [6.07, 6.45) is 3.24. The largest absolute Gasteiger partial charge is 0.479 e. The summed E-state index contributed by atoms with van der Waals surface area (Å²) >= 11 is 0. The molecule has 2 aliphatic rings. The number of carbonyl (C=O) groups is 2. The van der Waals surface area contributed by atoms with E-state index in [1.807, 2.05) is 31.2 Å². The number of ether oxygens (including phenoxy) is 1. The van der Waals surface area contributed by atoms with Gasteiger partial charge in [0.1, 0.15) is 6.10 Å². The van der Waals surface area contributed by atoms with Crippen LogP contribution in [-0.4, -0.2) is 41.1 Å². The first-order valence-corrected chi connectivity index (χ1v) is 8.30. The maximum atomic E-state index is 12.9. The van der Waals surface area contributed by atoms with Crippen LogP contribution in [0.4, 0.5) is 0 Å². The molecule has 1 N–H and O–H groups in total. The van der Waals surface area contributed by atoms with Crippen LogP contribution >= 0.6 is 0 Å². The molecular weight excluding hydrogens is 294 g/mol. The van der Waals surface area contributed by atoms with Crippen LogP contribution in [0.1, 0.15) is 43.2 Å². The monoisotopic (exact) mass is 317 g/mol. The maximum Gasteiger partial charge on any atom is 0.334 e. The van der Waals surface area contributed by atoms with Gasteiger partial charge in [0, 0.05) is 13.2 Å². The minimum atomic E-state index is -1.26. The molecule has 1 aromatic rings. The molecule has 1 unspecified atom stereocenters. The maximum absolute atomic E-state index is 12.9. The molecule has 0 radical (unpaired) electrons. The lowest BCUT2D eigenvalue weighted by Gasteiger charge is -2.38. The molecule has 0 saturated carbocycles. The van der Waals surface area contributed by atoms with Crippen LogP contribution < -0.4 is 0 Å². The molecule has 3 rings (SSSR count). The number of hydrogen-bond acceptors (Lipinski definition) is 3. The van der Waals surface area contributed by atoms with E-state index in [0.717, 1.165) is 18.4 Å². The summed E-state index contributed by atoms with van der Waals surface area (Å²) in [5, 5.41) is 10.0. The minimum Gasteiger partial charge on any atom is -0.479 e. The zero-order valence-electron chi connectivity index (χ0n) is 13.5. The number of aliphatic carboxylic acids is 1. The van der Waals surface area contributed by atoms with Gasteiger partial charge in [-0.15, -0.1) is 0 Å². The SMILES string of the molecule is Cc1ccccc1C1(C(=O)O)CCCN1C(=O)[C@@H]1CCCCO1. The van der Waals surface area contributed by atoms with Crippen molar-refractivity contribution in [1.29, 1.82) is 0 Å². The summed E-state index contributed by atoms with van der Waals surface area (Å²) in [4.78, 5) is 26.7. The highest BCUT2D eigenvalue weighted by Crippen LogP contribution is 2.41. The van der Waals surface area contributed by atoms with Gasteiger partial charge in [-0.1, -0.05) is 24.3 Å². The quantitative estimate of drug-likeness (QED) is 0.930. The van der Waals surface area contributed by atoms with Gasteiger partial charge < -0.3 is 14.7 Å². The summed E-state index contributed by atoms with van der Waals surface area (Å²) in [5.74, 6) is -1.12. The second-order valence-corrected chi connectivity index (χ2v) is 6.43. The van der Waals surface area contributed by atoms with E-state index in [1.54, 1.807) is 4.90 Å². The summed E-state index contributed by atoms with van der Waals surface area (Å²) in [5.41, 5.74) is 0.358. The molecule has 2 heterocycles. The van der Waals surface area contributed by atoms with Crippen LogP contribution in [-0.2, 0) is 19.9 Å². The van der Waals surface area contributed by atoms with E-state index >= 15 is 0 Å². The molecule has 5 heteroatoms. The van der Waals surface area contributed by atoms with Crippen LogP contribution in [0.15, 0.2) is 24.3 Å². The van der Waals surface area contributed by atoms with Gasteiger partial charge in [0.05, 0.1) is 0 Å². The van der Waals surface area contributed by atoms with Crippen molar-refractivity contribution >= 4 is 11.9 Å². The predicted octanol–water partition coefficient (Wildman–Crippen LogP) is 2.47. The summed E-state index contributed by atoms with van der Waals surface area (Å²) in [7, 11) is 0. The van der Waals surface area contributed by atoms with E-state index in [1.165, 1.54) is 0 Å². The van der Waals surface area contributed by atoms with Crippen LogP contribution in [0.5, 0.6) is 0 Å². The first-order chi connectivity index (χ1) is 11.1. The van der Waals surface area contributed by atoms with Crippen LogP contribution in [0.3, 0.4) is 0 Å². The van der Waals surface area contributed by atoms with Crippen molar-refractivity contribution in [2.75, 3.05) is 13.2 Å². The zero-order chi connectivity index (χ0) is 16.4. The fraction of sp³-hybridized carbons (Fsp3) is 0.556. The molecule has 2 aliphatic heterocycles. The second-order valence-electron chi connectivity index (χ2n) is 6.43. The van der Waals surface area contributed by atoms with Crippen molar-refractivity contribution in [3.05, 3.63) is 35.4 Å². The number of carboxylic acid groups (broad SMARTS) is 1. The summed E-state index contributed by atoms with van der Waals surface area (Å²) in [6, 6.07) is 7.46. The Hall–Kier alpha value is -1.88. The fourth-order valence-electron chi connectivity index (χ4n) is 3.88. The van der Waals surface area contributed by atoms with Crippen molar-refractivity contribution in [2.45, 2.75) is 50.7 Å². The number of nitrogens with zero attached hydrogens (tertiary/aromatic N) is 1. The molecule has 2 saturated heterocycles. The van der Waals surface area contributed by atoms with Crippen LogP contribution in [0.25, 0.3) is 0 Å². The number of likely N-dealkylation sites (tertiary alicyclic amines) is 1. The third-order valence-corrected chi connectivity index (χ3v) is 5.05. The molecule has 124 valence electrons. The predicted molar refractivity (Wildman–Crippen MR) is 85.0 cm³/mol. The van der Waals surface area contributed by atoms with Gasteiger partial charge in [0.15, 0.2) is 5.54 Å². The molecule has 23 heavy (non-hydrogen) atoms. The Morgan fingerprint density at radius 2 is 2.04 bits per heavy atom. The summed E-state index contributed by atoms with van der Waals surface area (Å²) < 4.78 is 5.61. The Kier molecular flexibility index (Phi) is 4.39. The first kappa shape index (κ1) is 16.0. The molecule has 2 fully saturated rings. The molecule has 0 bridgehead atoms. The Labute approximate surface area is 136 Å². The number of aryl methyl sites for hydroxylation is 1. The number of hydrogen-bond donors (Lipinski definition) is 1. The highest BCUT2D eigenvalue weighted by Gasteiger charge is 2.53. The molecule has 0 aromatic heterocycles. The van der Waals surface area contributed by atoms with Crippen LogP contribution in [0, 0.1) is 6.92 Å². The Morgan fingerprint density at radius 1 is 1.26 bits per heavy atom. The summed E-state index contributed by atoms with van der Waals surface area (Å²) in [6.45, 7) is 2.95. The third-order valence-electron chi connectivity index (χ3n) is 5.05. The second kappa shape index (κ2) is 6.32. The Balaban J connectivity index is 2.00. The molecule has 2 atom stereocenters. The van der Waals surface area contributed by atoms with Crippen molar-refractivity contribution in [2.24, 2.45) is 0 Å². The van der Waals surface area contributed by atoms with Crippen molar-refractivity contribution in [3.63, 3.8) is 0 Å². The van der Waals surface area contributed by atoms with Gasteiger partial charge in [-0.2, -0.15) is 0 Å². The molecule has 0 aliphatic carbocycles. The van der Waals surface area contributed by atoms with E-state index in [4.69, 9.17) is 4.74 Å². The van der Waals surface area contributed by atoms with Gasteiger partial charge in [0.2, 0.25) is 0 Å². The van der Waals surface area contributed by atoms with E-state index in [-0.39, 0.29) is 5.91 Å². The van der Waals surface area contributed by atoms with Gasteiger partial charge in [0.25, 0.3) is 5.91 Å². The van der Waals surface area contributed by atoms with Crippen molar-refractivity contribution in [1.82, 2.24) is 4.90 Å². The number of carboxylic acids is 1. The average Bonchev–Trinajstić information content (AvgIpc) is 3.01. The van der Waals surface area contributed by atoms with Crippen molar-refractivity contribution in [3.8, 4) is 0 Å². The molecule has 5 nitrogen and oxygen atoms in total. The van der Waals surface area contributed by atoms with E-state index in [0.29, 0.717) is 38.0 Å². The molecular formula is C18H23NO4. The highest BCUT2D eigenvalue weighted by atomic mass is 16.5. The normalized spacial score (nSPS) is 27.9. The van der Waals surface area contributed by atoms with Crippen molar-refractivity contribution < 1.29 is 19.4 Å². The Morgan fingerprint density at radius 3 is 2.70 bits per heavy atom. The van der Waals surface area contributed by atoms with Gasteiger partial charge in [-0.3, -0.25) is 4.79 Å². The minimum absolute atomic E-state index is 0.173. The molecule has 0 spiro atoms. The van der Waals surface area contributed by atoms with E-state index in [2.05, 4.69) is 0 Å². The smallest absolute Gasteiger partial charge is 0.334 e. The number of rotatable bonds is 3. The molecule has 1 aromatic carbocycles. The molecule has 1 amide bonds. The van der Waals surface area contributed by atoms with Gasteiger partial charge in [-0.25, -0.2) is 4.79 Å². The Bertz CT molecular complexity index is 609. The lowest BCUT2D eigenvalue weighted by atomic mass is 9.84. The zero-order valence-corrected chi connectivity index (χ0v) is 13.5. The lowest BCUT2D eigenvalue weighted by molar-refractivity contribution is -0.164. The van der Waals surface area contributed by atoms with Gasteiger partial charge >= 0.3 is 5.97 Å². The van der Waals surface area contributed by atoms with E-state index < -0.39 is 17.6 Å². The van der Waals surface area contributed by atoms with Gasteiger partial charge in [-0.05, 0) is 50.2 Å². The third kappa shape index (κ3) is 2.63. The highest BCUT2D eigenvalue weighted by molar-refractivity contribution is 5.91. The average molecular weight is 317 g/mol. The van der Waals surface area contributed by atoms with Crippen LogP contribution in [0.2, 0.25) is 0 Å². The first-order valence-electron chi connectivity index (χ1n) is 8.30. The lowest BCUT2D eigenvalue weighted by Crippen LogP contribution is -2.54. The topological polar surface area (TPSA) is 66.8 Å². The fourth-order valence-corrected chi connectivity index (χ4v) is 3.88. The number of amides is 1.